The molecule has 1 fully saturated rings. The maximum atomic E-state index is 13.1. The second-order valence-corrected chi connectivity index (χ2v) is 8.65. The summed E-state index contributed by atoms with van der Waals surface area (Å²) in [6.07, 6.45) is 3.02. The molecule has 1 aliphatic carbocycles. The summed E-state index contributed by atoms with van der Waals surface area (Å²) in [7, 11) is 1.32. The van der Waals surface area contributed by atoms with Crippen LogP contribution in [0.5, 0.6) is 0 Å². The van der Waals surface area contributed by atoms with Crippen molar-refractivity contribution in [1.29, 1.82) is 0 Å². The molecule has 2 aromatic rings. The number of carbonyl (C=O) groups excluding carboxylic acids is 3. The number of thioether (sulfide) groups is 1. The van der Waals surface area contributed by atoms with Gasteiger partial charge in [0.15, 0.2) is 5.16 Å². The number of hydrogen-bond acceptors (Lipinski definition) is 9. The Hall–Kier alpha value is -3.60. The van der Waals surface area contributed by atoms with Gasteiger partial charge in [-0.2, -0.15) is 0 Å². The predicted molar refractivity (Wildman–Crippen MR) is 125 cm³/mol. The Morgan fingerprint density at radius 2 is 1.97 bits per heavy atom. The Morgan fingerprint density at radius 1 is 1.24 bits per heavy atom. The highest BCUT2D eigenvalue weighted by Gasteiger charge is 2.44. The molecule has 0 saturated heterocycles. The quantitative estimate of drug-likeness (QED) is 0.330. The number of amides is 2. The fraction of sp³-hybridized carbons (Fsp3) is 0.348. The summed E-state index contributed by atoms with van der Waals surface area (Å²) in [5.41, 5.74) is 7.71. The first-order valence-electron chi connectivity index (χ1n) is 10.8. The maximum Gasteiger partial charge on any atom is 0.343 e. The number of carbonyl (C=O) groups is 3. The number of anilines is 1. The molecule has 1 saturated carbocycles. The number of ether oxygens (including phenoxy) is 2. The average Bonchev–Trinajstić information content (AvgIpc) is 3.67. The molecule has 1 unspecified atom stereocenters. The minimum Gasteiger partial charge on any atom is -0.466 e. The largest absolute Gasteiger partial charge is 0.466 e. The Balaban J connectivity index is 1.68. The van der Waals surface area contributed by atoms with Crippen LogP contribution < -0.4 is 11.1 Å². The van der Waals surface area contributed by atoms with E-state index in [9.17, 15) is 14.4 Å². The summed E-state index contributed by atoms with van der Waals surface area (Å²) in [6.45, 7) is 1.90. The molecule has 2 heterocycles. The maximum absolute atomic E-state index is 13.1. The number of benzene rings is 1. The van der Waals surface area contributed by atoms with Crippen LogP contribution in [0.15, 0.2) is 53.0 Å². The van der Waals surface area contributed by atoms with Crippen molar-refractivity contribution < 1.29 is 23.9 Å². The molecule has 2 amide bonds. The second-order valence-electron chi connectivity index (χ2n) is 7.71. The number of nitrogen functional groups attached to an aromatic ring is 1. The molecule has 1 aliphatic heterocycles. The van der Waals surface area contributed by atoms with Crippen LogP contribution in [0.1, 0.15) is 41.7 Å². The van der Waals surface area contributed by atoms with Crippen molar-refractivity contribution in [1.82, 2.24) is 20.2 Å². The van der Waals surface area contributed by atoms with Crippen molar-refractivity contribution in [2.45, 2.75) is 37.0 Å². The van der Waals surface area contributed by atoms with Crippen LogP contribution >= 0.6 is 11.8 Å². The van der Waals surface area contributed by atoms with E-state index in [-0.39, 0.29) is 35.8 Å². The van der Waals surface area contributed by atoms with Crippen LogP contribution in [0.25, 0.3) is 0 Å². The van der Waals surface area contributed by atoms with Gasteiger partial charge >= 0.3 is 18.0 Å². The van der Waals surface area contributed by atoms with Crippen molar-refractivity contribution >= 4 is 35.5 Å². The number of nitrogens with one attached hydrogen (secondary N) is 1. The summed E-state index contributed by atoms with van der Waals surface area (Å²) in [6, 6.07) is 8.36. The van der Waals surface area contributed by atoms with E-state index in [0.29, 0.717) is 16.4 Å². The summed E-state index contributed by atoms with van der Waals surface area (Å²) in [5.74, 6) is -0.883. The Bertz CT molecular complexity index is 1140. The van der Waals surface area contributed by atoms with Crippen molar-refractivity contribution in [2.75, 3.05) is 25.2 Å². The SMILES string of the molecule is CCOC(=O)c1cnc(SCC2=C(C(=O)OC)C(c3ccccc3)NC(=O)N2C2CC2)nc1N. The van der Waals surface area contributed by atoms with Crippen LogP contribution in [0.3, 0.4) is 0 Å². The first-order valence-corrected chi connectivity index (χ1v) is 11.8. The highest BCUT2D eigenvalue weighted by Crippen LogP contribution is 2.39. The summed E-state index contributed by atoms with van der Waals surface area (Å²) < 4.78 is 10.1. The van der Waals surface area contributed by atoms with Gasteiger partial charge in [-0.25, -0.2) is 24.4 Å². The molecule has 10 nitrogen and oxygen atoms in total. The number of nitrogens with two attached hydrogens (primary N) is 1. The van der Waals surface area contributed by atoms with Crippen LogP contribution in [0.4, 0.5) is 10.6 Å². The lowest BCUT2D eigenvalue weighted by atomic mass is 9.95. The molecule has 11 heteroatoms. The number of nitrogens with zero attached hydrogens (tertiary/aromatic N) is 3. The smallest absolute Gasteiger partial charge is 0.343 e. The van der Waals surface area contributed by atoms with Gasteiger partial charge in [0.2, 0.25) is 0 Å². The van der Waals surface area contributed by atoms with Crippen LogP contribution in [0.2, 0.25) is 0 Å². The topological polar surface area (TPSA) is 137 Å². The number of urea groups is 1. The lowest BCUT2D eigenvalue weighted by molar-refractivity contribution is -0.136. The third kappa shape index (κ3) is 4.84. The van der Waals surface area contributed by atoms with E-state index in [0.717, 1.165) is 18.4 Å². The van der Waals surface area contributed by atoms with Gasteiger partial charge in [0.1, 0.15) is 11.4 Å². The Kier molecular flexibility index (Phi) is 7.01. The molecule has 34 heavy (non-hydrogen) atoms. The fourth-order valence-electron chi connectivity index (χ4n) is 3.74. The standard InChI is InChI=1S/C23H25N5O5S/c1-3-33-20(29)15-11-25-22(27-19(15)24)34-12-16-17(21(30)32-2)18(13-7-5-4-6-8-13)26-23(31)28(16)14-9-10-14/h4-8,11,14,18H,3,9-10,12H2,1-2H3,(H,26,31)(H2,24,25,27). The van der Waals surface area contributed by atoms with Crippen LogP contribution in [0, 0.1) is 0 Å². The van der Waals surface area contributed by atoms with E-state index in [1.54, 1.807) is 11.8 Å². The van der Waals surface area contributed by atoms with Gasteiger partial charge in [0.05, 0.1) is 25.3 Å². The third-order valence-corrected chi connectivity index (χ3v) is 6.33. The van der Waals surface area contributed by atoms with Crippen LogP contribution in [-0.2, 0) is 14.3 Å². The third-order valence-electron chi connectivity index (χ3n) is 5.46. The zero-order valence-electron chi connectivity index (χ0n) is 18.8. The van der Waals surface area contributed by atoms with E-state index < -0.39 is 18.0 Å². The molecule has 178 valence electrons. The van der Waals surface area contributed by atoms with E-state index in [1.165, 1.54) is 25.1 Å². The number of rotatable bonds is 8. The van der Waals surface area contributed by atoms with E-state index >= 15 is 0 Å². The van der Waals surface area contributed by atoms with E-state index in [4.69, 9.17) is 15.2 Å². The monoisotopic (exact) mass is 483 g/mol. The zero-order chi connectivity index (χ0) is 24.2. The van der Waals surface area contributed by atoms with Gasteiger partial charge in [-0.15, -0.1) is 0 Å². The normalized spacial score (nSPS) is 17.9. The molecule has 0 radical (unpaired) electrons. The zero-order valence-corrected chi connectivity index (χ0v) is 19.6. The van der Waals surface area contributed by atoms with Crippen molar-refractivity contribution in [2.24, 2.45) is 0 Å². The van der Waals surface area contributed by atoms with Crippen molar-refractivity contribution in [3.8, 4) is 0 Å². The first kappa shape index (κ1) is 23.6. The molecule has 1 aromatic carbocycles. The number of esters is 2. The molecular weight excluding hydrogens is 458 g/mol. The van der Waals surface area contributed by atoms with Gasteiger partial charge in [-0.05, 0) is 25.3 Å². The van der Waals surface area contributed by atoms with Gasteiger partial charge < -0.3 is 20.5 Å². The Labute approximate surface area is 200 Å². The molecule has 4 rings (SSSR count). The van der Waals surface area contributed by atoms with Gasteiger partial charge in [-0.3, -0.25) is 4.90 Å². The number of hydrogen-bond donors (Lipinski definition) is 2. The molecule has 3 N–H and O–H groups in total. The van der Waals surface area contributed by atoms with E-state index in [2.05, 4.69) is 15.3 Å². The summed E-state index contributed by atoms with van der Waals surface area (Å²) >= 11 is 1.21. The van der Waals surface area contributed by atoms with Crippen LogP contribution in [-0.4, -0.2) is 58.3 Å². The minimum atomic E-state index is -0.649. The molecule has 0 spiro atoms. The average molecular weight is 484 g/mol. The van der Waals surface area contributed by atoms with E-state index in [1.807, 2.05) is 30.3 Å². The molecule has 1 atom stereocenters. The highest BCUT2D eigenvalue weighted by atomic mass is 32.2. The summed E-state index contributed by atoms with van der Waals surface area (Å²) in [5, 5.41) is 3.26. The number of methoxy groups -OCH3 is 1. The van der Waals surface area contributed by atoms with Gasteiger partial charge in [0, 0.05) is 23.7 Å². The minimum absolute atomic E-state index is 0.000666. The van der Waals surface area contributed by atoms with Crippen molar-refractivity contribution in [3.05, 3.63) is 58.9 Å². The first-order chi connectivity index (χ1) is 16.4. The number of aromatic nitrogens is 2. The predicted octanol–water partition coefficient (Wildman–Crippen LogP) is 2.68. The van der Waals surface area contributed by atoms with Gasteiger partial charge in [-0.1, -0.05) is 42.1 Å². The van der Waals surface area contributed by atoms with Gasteiger partial charge in [0.25, 0.3) is 0 Å². The lowest BCUT2D eigenvalue weighted by Gasteiger charge is -2.36. The van der Waals surface area contributed by atoms with Crippen molar-refractivity contribution in [3.63, 3.8) is 0 Å². The second kappa shape index (κ2) is 10.1. The molecular formula is C23H25N5O5S. The molecule has 2 aliphatic rings. The molecule has 0 bridgehead atoms. The Morgan fingerprint density at radius 3 is 2.59 bits per heavy atom. The molecule has 1 aromatic heterocycles. The summed E-state index contributed by atoms with van der Waals surface area (Å²) in [4.78, 5) is 48.0. The highest BCUT2D eigenvalue weighted by molar-refractivity contribution is 7.99. The fourth-order valence-corrected chi connectivity index (χ4v) is 4.59. The lowest BCUT2D eigenvalue weighted by Crippen LogP contribution is -2.50.